The van der Waals surface area contributed by atoms with Crippen LogP contribution in [0.15, 0.2) is 0 Å². The molecule has 9 nitrogen and oxygen atoms in total. The molecule has 0 spiro atoms. The van der Waals surface area contributed by atoms with Crippen molar-refractivity contribution in [3.05, 3.63) is 0 Å². The second kappa shape index (κ2) is 9.23. The van der Waals surface area contributed by atoms with E-state index in [1.807, 2.05) is 14.1 Å². The number of hydrazine groups is 1. The van der Waals surface area contributed by atoms with Crippen LogP contribution in [0.5, 0.6) is 0 Å². The topological polar surface area (TPSA) is 110 Å². The molecule has 0 aromatic carbocycles. The summed E-state index contributed by atoms with van der Waals surface area (Å²) in [5, 5.41) is 3.11. The Labute approximate surface area is 118 Å². The van der Waals surface area contributed by atoms with Crippen LogP contribution in [0, 0.1) is 0 Å². The number of nitrogens with two attached hydrogens (primary N) is 1. The summed E-state index contributed by atoms with van der Waals surface area (Å²) in [6.45, 7) is 2.57. The maximum Gasteiger partial charge on any atom is 0.243 e. The van der Waals surface area contributed by atoms with E-state index in [0.29, 0.717) is 44.2 Å². The van der Waals surface area contributed by atoms with Gasteiger partial charge in [0.05, 0.1) is 13.2 Å². The van der Waals surface area contributed by atoms with Crippen molar-refractivity contribution in [3.63, 3.8) is 0 Å². The number of aromatic nitrogens is 3. The van der Waals surface area contributed by atoms with E-state index in [2.05, 4.69) is 25.7 Å². The lowest BCUT2D eigenvalue weighted by molar-refractivity contribution is 0.0705. The van der Waals surface area contributed by atoms with Gasteiger partial charge in [-0.15, -0.1) is 0 Å². The van der Waals surface area contributed by atoms with Crippen LogP contribution in [0.3, 0.4) is 0 Å². The van der Waals surface area contributed by atoms with Crippen molar-refractivity contribution in [2.45, 2.75) is 6.42 Å². The molecule has 0 saturated heterocycles. The Kier molecular flexibility index (Phi) is 7.55. The van der Waals surface area contributed by atoms with Crippen molar-refractivity contribution < 1.29 is 9.47 Å². The first-order chi connectivity index (χ1) is 9.67. The molecule has 1 rings (SSSR count). The lowest BCUT2D eigenvalue weighted by Crippen LogP contribution is -2.19. The summed E-state index contributed by atoms with van der Waals surface area (Å²) < 4.78 is 10.2. The Balaban J connectivity index is 2.37. The van der Waals surface area contributed by atoms with Gasteiger partial charge in [0.1, 0.15) is 0 Å². The molecule has 0 aliphatic rings. The van der Waals surface area contributed by atoms with E-state index < -0.39 is 0 Å². The van der Waals surface area contributed by atoms with Crippen LogP contribution in [0.1, 0.15) is 6.42 Å². The van der Waals surface area contributed by atoms with E-state index in [-0.39, 0.29) is 0 Å². The number of hydrogen-bond acceptors (Lipinski definition) is 9. The summed E-state index contributed by atoms with van der Waals surface area (Å²) in [7, 11) is 5.35. The number of rotatable bonds is 10. The van der Waals surface area contributed by atoms with Crippen molar-refractivity contribution in [3.8, 4) is 0 Å². The highest BCUT2D eigenvalue weighted by atomic mass is 16.5. The van der Waals surface area contributed by atoms with Crippen LogP contribution in [0.4, 0.5) is 17.8 Å². The number of methoxy groups -OCH3 is 1. The van der Waals surface area contributed by atoms with Crippen molar-refractivity contribution in [2.75, 3.05) is 63.2 Å². The average molecular weight is 285 g/mol. The lowest BCUT2D eigenvalue weighted by atomic mass is 10.4. The molecule has 0 aliphatic heterocycles. The second-order valence-corrected chi connectivity index (χ2v) is 4.21. The Morgan fingerprint density at radius 2 is 1.85 bits per heavy atom. The summed E-state index contributed by atoms with van der Waals surface area (Å²) >= 11 is 0. The summed E-state index contributed by atoms with van der Waals surface area (Å²) in [5.74, 6) is 6.67. The molecule has 0 atom stereocenters. The number of nitrogen functional groups attached to an aromatic ring is 1. The van der Waals surface area contributed by atoms with Crippen LogP contribution in [-0.2, 0) is 9.47 Å². The Morgan fingerprint density at radius 3 is 2.50 bits per heavy atom. The normalized spacial score (nSPS) is 10.4. The minimum atomic E-state index is 0.322. The molecule has 0 saturated carbocycles. The number of anilines is 3. The number of hydrogen-bond donors (Lipinski definition) is 3. The van der Waals surface area contributed by atoms with Gasteiger partial charge < -0.3 is 19.7 Å². The second-order valence-electron chi connectivity index (χ2n) is 4.21. The number of ether oxygens (including phenoxy) is 2. The minimum Gasteiger partial charge on any atom is -0.382 e. The first-order valence-electron chi connectivity index (χ1n) is 6.38. The van der Waals surface area contributed by atoms with Gasteiger partial charge in [-0.2, -0.15) is 15.0 Å². The summed E-state index contributed by atoms with van der Waals surface area (Å²) in [5.41, 5.74) is 2.42. The zero-order valence-corrected chi connectivity index (χ0v) is 12.2. The third-order valence-electron chi connectivity index (χ3n) is 2.33. The standard InChI is InChI=1S/C11H23N7O2/c1-18(2)11-15-9(14-10(16-11)17-12)13-5-4-6-20-8-7-19-3/h4-8,12H2,1-3H3,(H2,13,14,15,16,17). The first kappa shape index (κ1) is 16.3. The maximum absolute atomic E-state index is 5.36. The molecule has 0 aliphatic carbocycles. The molecular formula is C11H23N7O2. The zero-order valence-electron chi connectivity index (χ0n) is 12.2. The van der Waals surface area contributed by atoms with Gasteiger partial charge in [-0.1, -0.05) is 0 Å². The highest BCUT2D eigenvalue weighted by molar-refractivity contribution is 5.42. The molecule has 20 heavy (non-hydrogen) atoms. The third-order valence-corrected chi connectivity index (χ3v) is 2.33. The van der Waals surface area contributed by atoms with Gasteiger partial charge in [-0.3, -0.25) is 5.43 Å². The summed E-state index contributed by atoms with van der Waals surface area (Å²) in [6, 6.07) is 0. The molecule has 114 valence electrons. The summed E-state index contributed by atoms with van der Waals surface area (Å²) in [4.78, 5) is 14.3. The van der Waals surface area contributed by atoms with Gasteiger partial charge in [0.15, 0.2) is 0 Å². The molecule has 9 heteroatoms. The highest BCUT2D eigenvalue weighted by Crippen LogP contribution is 2.10. The van der Waals surface area contributed by atoms with Gasteiger partial charge in [-0.25, -0.2) is 5.84 Å². The van der Waals surface area contributed by atoms with Crippen LogP contribution in [0.25, 0.3) is 0 Å². The van der Waals surface area contributed by atoms with Crippen LogP contribution in [-0.4, -0.2) is 62.5 Å². The van der Waals surface area contributed by atoms with Crippen LogP contribution < -0.4 is 21.5 Å². The molecule has 0 fully saturated rings. The maximum atomic E-state index is 5.36. The van der Waals surface area contributed by atoms with Crippen molar-refractivity contribution >= 4 is 17.8 Å². The fourth-order valence-corrected chi connectivity index (χ4v) is 1.33. The third kappa shape index (κ3) is 5.95. The average Bonchev–Trinajstić information content (AvgIpc) is 2.46. The highest BCUT2D eigenvalue weighted by Gasteiger charge is 2.06. The first-order valence-corrected chi connectivity index (χ1v) is 6.38. The Hall–Kier alpha value is -1.71. The largest absolute Gasteiger partial charge is 0.382 e. The quantitative estimate of drug-likeness (QED) is 0.303. The van der Waals surface area contributed by atoms with Crippen LogP contribution in [0.2, 0.25) is 0 Å². The smallest absolute Gasteiger partial charge is 0.243 e. The Bertz CT molecular complexity index is 389. The minimum absolute atomic E-state index is 0.322. The van der Waals surface area contributed by atoms with E-state index in [1.165, 1.54) is 0 Å². The monoisotopic (exact) mass is 285 g/mol. The number of nitrogens with zero attached hydrogens (tertiary/aromatic N) is 4. The fourth-order valence-electron chi connectivity index (χ4n) is 1.33. The Morgan fingerprint density at radius 1 is 1.10 bits per heavy atom. The van der Waals surface area contributed by atoms with Gasteiger partial charge in [0.25, 0.3) is 0 Å². The van der Waals surface area contributed by atoms with E-state index in [1.54, 1.807) is 12.0 Å². The van der Waals surface area contributed by atoms with Crippen molar-refractivity contribution in [1.29, 1.82) is 0 Å². The summed E-state index contributed by atoms with van der Waals surface area (Å²) in [6.07, 6.45) is 0.845. The lowest BCUT2D eigenvalue weighted by Gasteiger charge is -2.13. The molecule has 4 N–H and O–H groups in total. The zero-order chi connectivity index (χ0) is 14.8. The van der Waals surface area contributed by atoms with E-state index in [4.69, 9.17) is 15.3 Å². The van der Waals surface area contributed by atoms with Gasteiger partial charge in [0.2, 0.25) is 17.8 Å². The van der Waals surface area contributed by atoms with E-state index >= 15 is 0 Å². The van der Waals surface area contributed by atoms with E-state index in [9.17, 15) is 0 Å². The van der Waals surface area contributed by atoms with Gasteiger partial charge in [0, 0.05) is 34.4 Å². The molecule has 1 aromatic rings. The predicted octanol–water partition coefficient (Wildman–Crippen LogP) is -0.312. The molecule has 0 unspecified atom stereocenters. The van der Waals surface area contributed by atoms with Crippen molar-refractivity contribution in [1.82, 2.24) is 15.0 Å². The molecular weight excluding hydrogens is 262 g/mol. The molecule has 0 bridgehead atoms. The predicted molar refractivity (Wildman–Crippen MR) is 77.8 cm³/mol. The number of nitrogens with one attached hydrogen (secondary N) is 2. The fraction of sp³-hybridized carbons (Fsp3) is 0.727. The van der Waals surface area contributed by atoms with Crippen molar-refractivity contribution in [2.24, 2.45) is 5.84 Å². The molecule has 1 aromatic heterocycles. The van der Waals surface area contributed by atoms with Gasteiger partial charge in [-0.05, 0) is 6.42 Å². The molecule has 0 amide bonds. The molecule has 1 heterocycles. The molecule has 0 radical (unpaired) electrons. The SMILES string of the molecule is COCCOCCCNc1nc(NN)nc(N(C)C)n1. The van der Waals surface area contributed by atoms with E-state index in [0.717, 1.165) is 6.42 Å². The van der Waals surface area contributed by atoms with Crippen LogP contribution >= 0.6 is 0 Å². The van der Waals surface area contributed by atoms with Gasteiger partial charge >= 0.3 is 0 Å².